The van der Waals surface area contributed by atoms with Crippen LogP contribution in [0.15, 0.2) is 60.7 Å². The summed E-state index contributed by atoms with van der Waals surface area (Å²) in [5.74, 6) is 3.60. The number of rotatable bonds is 10. The first-order valence-corrected chi connectivity index (χ1v) is 17.5. The summed E-state index contributed by atoms with van der Waals surface area (Å²) in [6.45, 7) is 9.45. The molecule has 0 aromatic heterocycles. The number of aliphatic hydroxyl groups is 1. The van der Waals surface area contributed by atoms with Crippen molar-refractivity contribution in [1.29, 1.82) is 0 Å². The second-order valence-corrected chi connectivity index (χ2v) is 13.0. The number of nitrogens with one attached hydrogen (secondary N) is 2. The van der Waals surface area contributed by atoms with Gasteiger partial charge in [0.1, 0.15) is 36.2 Å². The van der Waals surface area contributed by atoms with E-state index < -0.39 is 0 Å². The minimum Gasteiger partial charge on any atom is -0.490 e. The van der Waals surface area contributed by atoms with Crippen LogP contribution in [0.25, 0.3) is 0 Å². The maximum absolute atomic E-state index is 10.1. The largest absolute Gasteiger partial charge is 0.490 e. The van der Waals surface area contributed by atoms with Gasteiger partial charge in [-0.1, -0.05) is 18.2 Å². The average Bonchev–Trinajstić information content (AvgIpc) is 3.12. The number of aliphatic hydroxyl groups excluding tert-OH is 1. The Kier molecular flexibility index (Phi) is 12.3. The molecule has 260 valence electrons. The van der Waals surface area contributed by atoms with Crippen LogP contribution in [0.1, 0.15) is 42.7 Å². The highest BCUT2D eigenvalue weighted by Crippen LogP contribution is 2.36. The molecule has 0 aliphatic carbocycles. The molecule has 7 rings (SSSR count). The molecular weight excluding hydrogens is 608 g/mol. The molecule has 3 atom stereocenters. The standard InChI is InChI=1S/C20H24N2O3.C18H28N2O3/c1-22-10-11-24-20-12-16(6-7-18(20)22)25-15-4-2-14(3-5-15)17-8-9-21-13-19(17)23;1-21-10-3-8-20-9-11-22-18-6-5-15(12-17(18)20)14-23-16-4-2-7-19-13-16/h2-7,12,17,19,21,23H,8-11,13H2,1H3;5-6,12,16,19H,2-4,7-11,13-14H2,1H3. The Morgan fingerprint density at radius 3 is 2.48 bits per heavy atom. The third-order valence-corrected chi connectivity index (χ3v) is 9.52. The summed E-state index contributed by atoms with van der Waals surface area (Å²) in [6, 6.07) is 20.4. The predicted molar refractivity (Wildman–Crippen MR) is 189 cm³/mol. The summed E-state index contributed by atoms with van der Waals surface area (Å²) < 4.78 is 28.7. The molecule has 3 unspecified atom stereocenters. The summed E-state index contributed by atoms with van der Waals surface area (Å²) in [4.78, 5) is 4.57. The molecule has 0 radical (unpaired) electrons. The summed E-state index contributed by atoms with van der Waals surface area (Å²) in [6.07, 6.45) is 4.37. The number of anilines is 2. The first kappa shape index (κ1) is 34.3. The number of ether oxygens (including phenoxy) is 5. The van der Waals surface area contributed by atoms with E-state index in [-0.39, 0.29) is 12.0 Å². The lowest BCUT2D eigenvalue weighted by atomic mass is 9.88. The smallest absolute Gasteiger partial charge is 0.146 e. The van der Waals surface area contributed by atoms with Crippen LogP contribution in [0, 0.1) is 0 Å². The predicted octanol–water partition coefficient (Wildman–Crippen LogP) is 4.94. The van der Waals surface area contributed by atoms with Gasteiger partial charge in [-0.3, -0.25) is 0 Å². The Hall–Kier alpha value is -3.54. The topological polar surface area (TPSA) is 96.9 Å². The number of hydrogen-bond acceptors (Lipinski definition) is 10. The highest BCUT2D eigenvalue weighted by molar-refractivity contribution is 5.62. The van der Waals surface area contributed by atoms with Crippen LogP contribution in [0.4, 0.5) is 11.4 Å². The molecule has 4 aliphatic rings. The van der Waals surface area contributed by atoms with Crippen LogP contribution < -0.4 is 34.6 Å². The van der Waals surface area contributed by atoms with E-state index in [9.17, 15) is 5.11 Å². The van der Waals surface area contributed by atoms with Gasteiger partial charge in [0, 0.05) is 52.4 Å². The number of fused-ring (bicyclic) bond motifs is 2. The van der Waals surface area contributed by atoms with Gasteiger partial charge >= 0.3 is 0 Å². The zero-order valence-electron chi connectivity index (χ0n) is 28.5. The fraction of sp³-hybridized carbons (Fsp3) is 0.526. The molecule has 4 aliphatic heterocycles. The van der Waals surface area contributed by atoms with Crippen molar-refractivity contribution >= 4 is 11.4 Å². The summed E-state index contributed by atoms with van der Waals surface area (Å²) >= 11 is 0. The highest BCUT2D eigenvalue weighted by Gasteiger charge is 2.24. The normalized spacial score (nSPS) is 21.9. The Morgan fingerprint density at radius 2 is 1.67 bits per heavy atom. The molecule has 48 heavy (non-hydrogen) atoms. The van der Waals surface area contributed by atoms with Crippen molar-refractivity contribution in [2.75, 3.05) is 89.6 Å². The Balaban J connectivity index is 0.000000168. The third-order valence-electron chi connectivity index (χ3n) is 9.52. The van der Waals surface area contributed by atoms with Crippen LogP contribution in [0.2, 0.25) is 0 Å². The minimum absolute atomic E-state index is 0.197. The summed E-state index contributed by atoms with van der Waals surface area (Å²) in [5, 5.41) is 16.8. The van der Waals surface area contributed by atoms with Gasteiger partial charge in [0.25, 0.3) is 0 Å². The molecule has 3 aromatic rings. The van der Waals surface area contributed by atoms with Gasteiger partial charge in [-0.25, -0.2) is 0 Å². The molecule has 4 heterocycles. The summed E-state index contributed by atoms with van der Waals surface area (Å²) in [7, 11) is 3.82. The van der Waals surface area contributed by atoms with E-state index in [1.165, 1.54) is 17.7 Å². The lowest BCUT2D eigenvalue weighted by Crippen LogP contribution is -2.39. The lowest BCUT2D eigenvalue weighted by molar-refractivity contribution is 0.0253. The van der Waals surface area contributed by atoms with E-state index in [1.807, 2.05) is 30.3 Å². The van der Waals surface area contributed by atoms with Crippen molar-refractivity contribution in [3.05, 3.63) is 71.8 Å². The van der Waals surface area contributed by atoms with Gasteiger partial charge in [-0.15, -0.1) is 0 Å². The van der Waals surface area contributed by atoms with Gasteiger partial charge in [-0.2, -0.15) is 0 Å². The molecule has 10 nitrogen and oxygen atoms in total. The van der Waals surface area contributed by atoms with Crippen molar-refractivity contribution in [2.24, 2.45) is 0 Å². The van der Waals surface area contributed by atoms with E-state index in [0.29, 0.717) is 25.9 Å². The first-order valence-electron chi connectivity index (χ1n) is 17.5. The summed E-state index contributed by atoms with van der Waals surface area (Å²) in [5.41, 5.74) is 4.66. The minimum atomic E-state index is -0.324. The van der Waals surface area contributed by atoms with E-state index in [1.54, 1.807) is 7.11 Å². The second kappa shape index (κ2) is 17.2. The van der Waals surface area contributed by atoms with Crippen molar-refractivity contribution < 1.29 is 28.8 Å². The zero-order chi connectivity index (χ0) is 33.1. The number of β-amino-alcohol motifs (C(OH)–C–C–N with tert-alkyl or cyclic N) is 1. The van der Waals surface area contributed by atoms with Gasteiger partial charge < -0.3 is 49.2 Å². The van der Waals surface area contributed by atoms with Gasteiger partial charge in [0.05, 0.1) is 43.3 Å². The molecule has 0 spiro atoms. The van der Waals surface area contributed by atoms with Crippen molar-refractivity contribution in [2.45, 2.75) is 50.4 Å². The molecule has 2 saturated heterocycles. The van der Waals surface area contributed by atoms with Crippen molar-refractivity contribution in [3.63, 3.8) is 0 Å². The zero-order valence-corrected chi connectivity index (χ0v) is 28.5. The number of piperidine rings is 2. The van der Waals surface area contributed by atoms with Gasteiger partial charge in [-0.05, 0) is 86.3 Å². The van der Waals surface area contributed by atoms with Crippen molar-refractivity contribution in [3.8, 4) is 23.0 Å². The Morgan fingerprint density at radius 1 is 0.854 bits per heavy atom. The number of methoxy groups -OCH3 is 1. The SMILES string of the molecule is CN1CCOc2cc(Oc3ccc(C4CCNCC4O)cc3)ccc21.COCCCN1CCOc2ccc(COC3CCCNC3)cc21. The maximum Gasteiger partial charge on any atom is 0.146 e. The van der Waals surface area contributed by atoms with Crippen LogP contribution in [-0.2, 0) is 16.1 Å². The molecule has 0 saturated carbocycles. The van der Waals surface area contributed by atoms with Crippen LogP contribution in [0.5, 0.6) is 23.0 Å². The molecule has 0 bridgehead atoms. The molecule has 0 amide bonds. The number of likely N-dealkylation sites (N-methyl/N-ethyl adjacent to an activating group) is 1. The quantitative estimate of drug-likeness (QED) is 0.260. The number of hydrogen-bond donors (Lipinski definition) is 3. The maximum atomic E-state index is 10.1. The molecule has 10 heteroatoms. The van der Waals surface area contributed by atoms with Crippen LogP contribution >= 0.6 is 0 Å². The van der Waals surface area contributed by atoms with E-state index in [2.05, 4.69) is 57.8 Å². The Labute approximate surface area is 285 Å². The average molecular weight is 661 g/mol. The van der Waals surface area contributed by atoms with E-state index >= 15 is 0 Å². The van der Waals surface area contributed by atoms with Crippen LogP contribution in [-0.4, -0.2) is 97.1 Å². The second-order valence-electron chi connectivity index (χ2n) is 13.0. The molecule has 3 N–H and O–H groups in total. The highest BCUT2D eigenvalue weighted by atomic mass is 16.5. The third kappa shape index (κ3) is 9.12. The fourth-order valence-electron chi connectivity index (χ4n) is 6.77. The lowest BCUT2D eigenvalue weighted by Gasteiger charge is -2.32. The molecular formula is C38H52N4O6. The first-order chi connectivity index (χ1) is 23.6. The Bertz CT molecular complexity index is 1430. The monoisotopic (exact) mass is 660 g/mol. The van der Waals surface area contributed by atoms with Gasteiger partial charge in [0.2, 0.25) is 0 Å². The number of nitrogens with zero attached hydrogens (tertiary/aromatic N) is 2. The van der Waals surface area contributed by atoms with E-state index in [0.717, 1.165) is 106 Å². The van der Waals surface area contributed by atoms with Crippen LogP contribution in [0.3, 0.4) is 0 Å². The molecule has 3 aromatic carbocycles. The van der Waals surface area contributed by atoms with Gasteiger partial charge in [0.15, 0.2) is 0 Å². The van der Waals surface area contributed by atoms with E-state index in [4.69, 9.17) is 23.7 Å². The fourth-order valence-corrected chi connectivity index (χ4v) is 6.77. The molecule has 2 fully saturated rings. The number of benzene rings is 3. The van der Waals surface area contributed by atoms with Crippen molar-refractivity contribution in [1.82, 2.24) is 10.6 Å².